The number of methoxy groups -OCH3 is 1. The van der Waals surface area contributed by atoms with E-state index in [-0.39, 0.29) is 0 Å². The van der Waals surface area contributed by atoms with Crippen LogP contribution < -0.4 is 5.32 Å². The van der Waals surface area contributed by atoms with Crippen LogP contribution in [0.4, 0.5) is 11.6 Å². The number of allylic oxidation sites excluding steroid dienone is 1. The minimum Gasteiger partial charge on any atom is -0.380 e. The number of rotatable bonds is 6. The van der Waals surface area contributed by atoms with Crippen molar-refractivity contribution in [1.82, 2.24) is 19.9 Å². The number of benzene rings is 1. The summed E-state index contributed by atoms with van der Waals surface area (Å²) in [6, 6.07) is 13.9. The fourth-order valence-corrected chi connectivity index (χ4v) is 3.00. The number of hydrogen-bond acceptors (Lipinski definition) is 5. The normalized spacial score (nSPS) is 10.9. The monoisotopic (exact) mass is 371 g/mol. The third-order valence-electron chi connectivity index (χ3n) is 4.39. The molecule has 140 valence electrons. The highest BCUT2D eigenvalue weighted by Crippen LogP contribution is 2.25. The number of H-pyrrole nitrogens is 1. The lowest BCUT2D eigenvalue weighted by molar-refractivity contribution is 0.185. The second-order valence-electron chi connectivity index (χ2n) is 6.64. The van der Waals surface area contributed by atoms with E-state index < -0.39 is 0 Å². The van der Waals surface area contributed by atoms with E-state index in [9.17, 15) is 0 Å². The second kappa shape index (κ2) is 7.62. The van der Waals surface area contributed by atoms with Crippen LogP contribution in [0.15, 0.2) is 61.4 Å². The van der Waals surface area contributed by atoms with E-state index in [2.05, 4.69) is 44.0 Å². The van der Waals surface area contributed by atoms with Gasteiger partial charge in [0.2, 0.25) is 5.95 Å². The highest BCUT2D eigenvalue weighted by molar-refractivity contribution is 5.87. The highest BCUT2D eigenvalue weighted by atomic mass is 16.5. The van der Waals surface area contributed by atoms with Gasteiger partial charge in [-0.1, -0.05) is 6.58 Å². The summed E-state index contributed by atoms with van der Waals surface area (Å²) in [6.07, 6.45) is 3.49. The highest BCUT2D eigenvalue weighted by Gasteiger charge is 2.07. The van der Waals surface area contributed by atoms with E-state index in [4.69, 9.17) is 4.74 Å². The van der Waals surface area contributed by atoms with E-state index in [1.807, 2.05) is 37.3 Å². The molecule has 6 heteroatoms. The number of aromatic nitrogens is 4. The lowest BCUT2D eigenvalue weighted by Gasteiger charge is -2.07. The minimum absolute atomic E-state index is 0.520. The van der Waals surface area contributed by atoms with Crippen molar-refractivity contribution in [3.63, 3.8) is 0 Å². The number of fused-ring (bicyclic) bond motifs is 1. The van der Waals surface area contributed by atoms with Gasteiger partial charge in [-0.05, 0) is 60.5 Å². The van der Waals surface area contributed by atoms with Gasteiger partial charge in [0, 0.05) is 41.8 Å². The van der Waals surface area contributed by atoms with Gasteiger partial charge in [-0.25, -0.2) is 9.97 Å². The lowest BCUT2D eigenvalue weighted by atomic mass is 10.2. The summed E-state index contributed by atoms with van der Waals surface area (Å²) < 4.78 is 5.19. The Kier molecular flexibility index (Phi) is 4.87. The molecule has 2 N–H and O–H groups in total. The smallest absolute Gasteiger partial charge is 0.227 e. The topological polar surface area (TPSA) is 75.7 Å². The van der Waals surface area contributed by atoms with Crippen LogP contribution in [0.1, 0.15) is 18.2 Å². The largest absolute Gasteiger partial charge is 0.380 e. The summed E-state index contributed by atoms with van der Waals surface area (Å²) >= 11 is 0. The van der Waals surface area contributed by atoms with E-state index in [1.54, 1.807) is 19.5 Å². The zero-order valence-electron chi connectivity index (χ0n) is 15.9. The Morgan fingerprint density at radius 2 is 1.93 bits per heavy atom. The van der Waals surface area contributed by atoms with Gasteiger partial charge in [0.15, 0.2) is 0 Å². The predicted octanol–water partition coefficient (Wildman–Crippen LogP) is 4.94. The molecule has 0 aliphatic heterocycles. The predicted molar refractivity (Wildman–Crippen MR) is 112 cm³/mol. The summed E-state index contributed by atoms with van der Waals surface area (Å²) in [5, 5.41) is 4.38. The van der Waals surface area contributed by atoms with E-state index in [0.29, 0.717) is 12.6 Å². The van der Waals surface area contributed by atoms with E-state index in [0.717, 1.165) is 44.8 Å². The molecule has 3 heterocycles. The molecule has 0 aliphatic carbocycles. The molecule has 1 aromatic carbocycles. The fourth-order valence-electron chi connectivity index (χ4n) is 3.00. The molecule has 0 saturated heterocycles. The van der Waals surface area contributed by atoms with Crippen LogP contribution >= 0.6 is 0 Å². The molecular weight excluding hydrogens is 350 g/mol. The van der Waals surface area contributed by atoms with Crippen molar-refractivity contribution < 1.29 is 4.74 Å². The fraction of sp³-hybridized carbons (Fsp3) is 0.136. The number of pyridine rings is 1. The first kappa shape index (κ1) is 17.9. The van der Waals surface area contributed by atoms with Gasteiger partial charge in [0.05, 0.1) is 18.0 Å². The van der Waals surface area contributed by atoms with Crippen LogP contribution in [0.2, 0.25) is 0 Å². The summed E-state index contributed by atoms with van der Waals surface area (Å²) in [5.41, 5.74) is 6.61. The molecule has 0 amide bonds. The second-order valence-corrected chi connectivity index (χ2v) is 6.64. The van der Waals surface area contributed by atoms with Crippen molar-refractivity contribution in [2.75, 3.05) is 12.4 Å². The SMILES string of the molecule is C=C(C)c1cc2cc(Nc3nccc(-c4cc(COC)ccn4)n3)ccc2[nH]1. The maximum atomic E-state index is 5.19. The summed E-state index contributed by atoms with van der Waals surface area (Å²) in [7, 11) is 1.67. The quantitative estimate of drug-likeness (QED) is 0.502. The molecule has 0 unspecified atom stereocenters. The average Bonchev–Trinajstić information content (AvgIpc) is 3.13. The first-order chi connectivity index (χ1) is 13.6. The number of ether oxygens (including phenoxy) is 1. The molecule has 0 aliphatic rings. The molecule has 6 nitrogen and oxygen atoms in total. The molecule has 0 atom stereocenters. The maximum Gasteiger partial charge on any atom is 0.227 e. The Hall–Kier alpha value is -3.51. The average molecular weight is 371 g/mol. The van der Waals surface area contributed by atoms with Crippen LogP contribution in [0.3, 0.4) is 0 Å². The van der Waals surface area contributed by atoms with Crippen LogP contribution in [-0.4, -0.2) is 27.0 Å². The maximum absolute atomic E-state index is 5.19. The third-order valence-corrected chi connectivity index (χ3v) is 4.39. The number of anilines is 2. The molecule has 0 fully saturated rings. The van der Waals surface area contributed by atoms with Crippen molar-refractivity contribution in [2.24, 2.45) is 0 Å². The molecule has 4 aromatic rings. The first-order valence-corrected chi connectivity index (χ1v) is 8.95. The summed E-state index contributed by atoms with van der Waals surface area (Å²) in [5.74, 6) is 0.520. The van der Waals surface area contributed by atoms with Crippen molar-refractivity contribution in [3.05, 3.63) is 72.7 Å². The van der Waals surface area contributed by atoms with E-state index >= 15 is 0 Å². The molecule has 0 saturated carbocycles. The van der Waals surface area contributed by atoms with Gasteiger partial charge in [-0.3, -0.25) is 4.98 Å². The third kappa shape index (κ3) is 3.77. The minimum atomic E-state index is 0.520. The zero-order valence-corrected chi connectivity index (χ0v) is 15.9. The van der Waals surface area contributed by atoms with Gasteiger partial charge in [0.25, 0.3) is 0 Å². The molecule has 0 radical (unpaired) electrons. The van der Waals surface area contributed by atoms with E-state index in [1.165, 1.54) is 0 Å². The standard InChI is InChI=1S/C22H21N5O/c1-14(2)20-12-16-11-17(4-5-18(16)26-20)25-22-24-9-7-19(27-22)21-10-15(13-28-3)6-8-23-21/h4-12,26H,1,13H2,2-3H3,(H,24,25,27). The van der Waals surface area contributed by atoms with Crippen molar-refractivity contribution >= 4 is 28.1 Å². The Morgan fingerprint density at radius 1 is 1.07 bits per heavy atom. The number of nitrogens with one attached hydrogen (secondary N) is 2. The van der Waals surface area contributed by atoms with Gasteiger partial charge in [-0.2, -0.15) is 0 Å². The van der Waals surface area contributed by atoms with Crippen molar-refractivity contribution in [2.45, 2.75) is 13.5 Å². The van der Waals surface area contributed by atoms with Gasteiger partial charge in [-0.15, -0.1) is 0 Å². The molecule has 28 heavy (non-hydrogen) atoms. The Morgan fingerprint density at radius 3 is 2.75 bits per heavy atom. The Bertz CT molecular complexity index is 1150. The Labute approximate surface area is 163 Å². The summed E-state index contributed by atoms with van der Waals surface area (Å²) in [4.78, 5) is 16.7. The van der Waals surface area contributed by atoms with Crippen LogP contribution in [0.5, 0.6) is 0 Å². The number of nitrogens with zero attached hydrogens (tertiary/aromatic N) is 3. The van der Waals surface area contributed by atoms with Gasteiger partial charge < -0.3 is 15.0 Å². The van der Waals surface area contributed by atoms with Gasteiger partial charge in [0.1, 0.15) is 0 Å². The number of hydrogen-bond donors (Lipinski definition) is 2. The van der Waals surface area contributed by atoms with Crippen LogP contribution in [0.25, 0.3) is 27.9 Å². The zero-order chi connectivity index (χ0) is 19.5. The van der Waals surface area contributed by atoms with Crippen LogP contribution in [0, 0.1) is 0 Å². The lowest BCUT2D eigenvalue weighted by Crippen LogP contribution is -1.99. The van der Waals surface area contributed by atoms with Crippen molar-refractivity contribution in [3.8, 4) is 11.4 Å². The molecule has 0 bridgehead atoms. The molecule has 3 aromatic heterocycles. The van der Waals surface area contributed by atoms with Crippen molar-refractivity contribution in [1.29, 1.82) is 0 Å². The molecule has 4 rings (SSSR count). The van der Waals surface area contributed by atoms with Crippen LogP contribution in [-0.2, 0) is 11.3 Å². The van der Waals surface area contributed by atoms with Gasteiger partial charge >= 0.3 is 0 Å². The summed E-state index contributed by atoms with van der Waals surface area (Å²) in [6.45, 7) is 6.51. The number of aromatic amines is 1. The first-order valence-electron chi connectivity index (χ1n) is 8.95. The Balaban J connectivity index is 1.60. The molecular formula is C22H21N5O. The molecule has 0 spiro atoms.